The summed E-state index contributed by atoms with van der Waals surface area (Å²) in [5, 5.41) is 9.51. The molecule has 1 amide bonds. The lowest BCUT2D eigenvalue weighted by Gasteiger charge is -2.11. The predicted molar refractivity (Wildman–Crippen MR) is 63.5 cm³/mol. The Hall–Kier alpha value is -1.43. The number of nitrogens with zero attached hydrogens (tertiary/aromatic N) is 2. The molecule has 1 aliphatic rings. The molecule has 1 saturated carbocycles. The fourth-order valence-electron chi connectivity index (χ4n) is 1.61. The molecule has 2 rings (SSSR count). The van der Waals surface area contributed by atoms with E-state index in [0.29, 0.717) is 13.1 Å². The zero-order valence-electron chi connectivity index (χ0n) is 10.3. The van der Waals surface area contributed by atoms with Crippen molar-refractivity contribution in [1.29, 1.82) is 0 Å². The molecule has 94 valence electrons. The monoisotopic (exact) mass is 237 g/mol. The van der Waals surface area contributed by atoms with E-state index in [2.05, 4.69) is 20.5 Å². The first-order valence-corrected chi connectivity index (χ1v) is 5.97. The van der Waals surface area contributed by atoms with Crippen molar-refractivity contribution < 1.29 is 4.79 Å². The molecule has 1 aromatic rings. The van der Waals surface area contributed by atoms with Gasteiger partial charge in [0.15, 0.2) is 0 Å². The second kappa shape index (κ2) is 4.44. The van der Waals surface area contributed by atoms with Crippen LogP contribution >= 0.6 is 0 Å². The molecule has 0 saturated heterocycles. The fraction of sp³-hybridized carbons (Fsp3) is 0.727. The predicted octanol–water partition coefficient (Wildman–Crippen LogP) is 0.397. The number of hydrogen-bond donors (Lipinski definition) is 3. The summed E-state index contributed by atoms with van der Waals surface area (Å²) < 4.78 is 0. The maximum atomic E-state index is 11.8. The summed E-state index contributed by atoms with van der Waals surface area (Å²) >= 11 is 0. The average Bonchev–Trinajstić information content (AvgIpc) is 2.92. The Morgan fingerprint density at radius 3 is 2.76 bits per heavy atom. The lowest BCUT2D eigenvalue weighted by Crippen LogP contribution is -2.34. The number of aromatic nitrogens is 3. The Morgan fingerprint density at radius 2 is 2.29 bits per heavy atom. The normalized spacial score (nSPS) is 17.2. The molecule has 0 spiro atoms. The van der Waals surface area contributed by atoms with Crippen LogP contribution in [0.1, 0.15) is 49.1 Å². The van der Waals surface area contributed by atoms with Crippen molar-refractivity contribution in [2.45, 2.75) is 32.6 Å². The van der Waals surface area contributed by atoms with Gasteiger partial charge in [0.1, 0.15) is 5.82 Å². The highest BCUT2D eigenvalue weighted by Crippen LogP contribution is 2.43. The van der Waals surface area contributed by atoms with Gasteiger partial charge in [-0.15, -0.1) is 5.10 Å². The molecule has 1 heterocycles. The zero-order valence-corrected chi connectivity index (χ0v) is 10.3. The van der Waals surface area contributed by atoms with Crippen molar-refractivity contribution in [3.63, 3.8) is 0 Å². The minimum Gasteiger partial charge on any atom is -0.349 e. The Balaban J connectivity index is 1.90. The van der Waals surface area contributed by atoms with Gasteiger partial charge in [-0.1, -0.05) is 13.8 Å². The highest BCUT2D eigenvalue weighted by molar-refractivity contribution is 5.90. The number of carbonyl (C=O) groups is 1. The van der Waals surface area contributed by atoms with Gasteiger partial charge in [-0.05, 0) is 19.4 Å². The molecule has 6 heteroatoms. The van der Waals surface area contributed by atoms with Crippen LogP contribution in [-0.4, -0.2) is 34.2 Å². The first-order valence-electron chi connectivity index (χ1n) is 5.97. The van der Waals surface area contributed by atoms with Crippen LogP contribution in [0.4, 0.5) is 0 Å². The maximum absolute atomic E-state index is 11.8. The zero-order chi connectivity index (χ0) is 12.5. The van der Waals surface area contributed by atoms with Gasteiger partial charge in [0.2, 0.25) is 5.82 Å². The van der Waals surface area contributed by atoms with E-state index in [1.807, 2.05) is 13.8 Å². The second-order valence-electron chi connectivity index (χ2n) is 5.09. The molecule has 0 atom stereocenters. The van der Waals surface area contributed by atoms with Crippen molar-refractivity contribution in [2.75, 3.05) is 13.1 Å². The third-order valence-electron chi connectivity index (χ3n) is 3.27. The van der Waals surface area contributed by atoms with E-state index in [-0.39, 0.29) is 23.1 Å². The number of aromatic amines is 1. The Labute approximate surface area is 100 Å². The summed E-state index contributed by atoms with van der Waals surface area (Å²) in [5.74, 6) is 0.951. The molecule has 1 aromatic heterocycles. The molecule has 1 fully saturated rings. The van der Waals surface area contributed by atoms with E-state index >= 15 is 0 Å². The standard InChI is InChI=1S/C11H19N5O/c1-7(2)8-14-9(16-15-8)10(17)13-6-11(5-12)3-4-11/h7H,3-6,12H2,1-2H3,(H,13,17)(H,14,15,16). The van der Waals surface area contributed by atoms with Gasteiger partial charge >= 0.3 is 0 Å². The van der Waals surface area contributed by atoms with Gasteiger partial charge in [-0.3, -0.25) is 9.89 Å². The number of carbonyl (C=O) groups excluding carboxylic acids is 1. The fourth-order valence-corrected chi connectivity index (χ4v) is 1.61. The van der Waals surface area contributed by atoms with Crippen LogP contribution in [0.25, 0.3) is 0 Å². The van der Waals surface area contributed by atoms with Crippen molar-refractivity contribution >= 4 is 5.91 Å². The number of H-pyrrole nitrogens is 1. The van der Waals surface area contributed by atoms with Gasteiger partial charge in [-0.2, -0.15) is 0 Å². The van der Waals surface area contributed by atoms with Crippen molar-refractivity contribution in [2.24, 2.45) is 11.1 Å². The molecule has 0 aliphatic heterocycles. The van der Waals surface area contributed by atoms with E-state index in [0.717, 1.165) is 18.7 Å². The molecule has 4 N–H and O–H groups in total. The first kappa shape index (κ1) is 12.0. The number of rotatable bonds is 5. The lowest BCUT2D eigenvalue weighted by atomic mass is 10.1. The summed E-state index contributed by atoms with van der Waals surface area (Å²) in [6.45, 7) is 5.23. The molecule has 17 heavy (non-hydrogen) atoms. The highest BCUT2D eigenvalue weighted by atomic mass is 16.2. The Kier molecular flexibility index (Phi) is 3.15. The van der Waals surface area contributed by atoms with Crippen LogP contribution in [0, 0.1) is 5.41 Å². The quantitative estimate of drug-likeness (QED) is 0.690. The summed E-state index contributed by atoms with van der Waals surface area (Å²) in [6, 6.07) is 0. The molecular formula is C11H19N5O. The van der Waals surface area contributed by atoms with Crippen molar-refractivity contribution in [1.82, 2.24) is 20.5 Å². The van der Waals surface area contributed by atoms with Crippen LogP contribution < -0.4 is 11.1 Å². The largest absolute Gasteiger partial charge is 0.349 e. The molecule has 0 aromatic carbocycles. The maximum Gasteiger partial charge on any atom is 0.290 e. The van der Waals surface area contributed by atoms with Gasteiger partial charge < -0.3 is 11.1 Å². The van der Waals surface area contributed by atoms with Crippen LogP contribution in [0.5, 0.6) is 0 Å². The van der Waals surface area contributed by atoms with E-state index in [4.69, 9.17) is 5.73 Å². The van der Waals surface area contributed by atoms with Crippen LogP contribution in [0.15, 0.2) is 0 Å². The number of nitrogens with one attached hydrogen (secondary N) is 2. The smallest absolute Gasteiger partial charge is 0.290 e. The van der Waals surface area contributed by atoms with Gasteiger partial charge in [0.25, 0.3) is 5.91 Å². The topological polar surface area (TPSA) is 96.7 Å². The number of nitrogens with two attached hydrogens (primary N) is 1. The molecule has 6 nitrogen and oxygen atoms in total. The third kappa shape index (κ3) is 2.63. The molecule has 0 unspecified atom stereocenters. The van der Waals surface area contributed by atoms with Crippen LogP contribution in [-0.2, 0) is 0 Å². The molecular weight excluding hydrogens is 218 g/mol. The van der Waals surface area contributed by atoms with E-state index in [9.17, 15) is 4.79 Å². The van der Waals surface area contributed by atoms with Gasteiger partial charge in [-0.25, -0.2) is 4.98 Å². The van der Waals surface area contributed by atoms with Crippen molar-refractivity contribution in [3.8, 4) is 0 Å². The number of hydrogen-bond acceptors (Lipinski definition) is 4. The lowest BCUT2D eigenvalue weighted by molar-refractivity contribution is 0.0935. The SMILES string of the molecule is CC(C)c1nc(C(=O)NCC2(CN)CC2)n[nH]1. The minimum absolute atomic E-state index is 0.132. The van der Waals surface area contributed by atoms with E-state index in [1.54, 1.807) is 0 Å². The molecule has 1 aliphatic carbocycles. The summed E-state index contributed by atoms with van der Waals surface area (Å²) in [5.41, 5.74) is 5.78. The summed E-state index contributed by atoms with van der Waals surface area (Å²) in [6.07, 6.45) is 2.18. The third-order valence-corrected chi connectivity index (χ3v) is 3.27. The summed E-state index contributed by atoms with van der Waals surface area (Å²) in [4.78, 5) is 15.9. The minimum atomic E-state index is -0.229. The Bertz CT molecular complexity index is 408. The first-order chi connectivity index (χ1) is 8.06. The number of amides is 1. The van der Waals surface area contributed by atoms with E-state index in [1.165, 1.54) is 0 Å². The summed E-state index contributed by atoms with van der Waals surface area (Å²) in [7, 11) is 0. The van der Waals surface area contributed by atoms with E-state index < -0.39 is 0 Å². The second-order valence-corrected chi connectivity index (χ2v) is 5.09. The van der Waals surface area contributed by atoms with Gasteiger partial charge in [0, 0.05) is 17.9 Å². The molecule has 0 radical (unpaired) electrons. The Morgan fingerprint density at radius 1 is 1.59 bits per heavy atom. The molecule has 0 bridgehead atoms. The van der Waals surface area contributed by atoms with Gasteiger partial charge in [0.05, 0.1) is 0 Å². The van der Waals surface area contributed by atoms with Crippen LogP contribution in [0.3, 0.4) is 0 Å². The average molecular weight is 237 g/mol. The highest BCUT2D eigenvalue weighted by Gasteiger charge is 2.41. The van der Waals surface area contributed by atoms with Crippen LogP contribution in [0.2, 0.25) is 0 Å². The van der Waals surface area contributed by atoms with Crippen molar-refractivity contribution in [3.05, 3.63) is 11.6 Å².